The molecule has 0 atom stereocenters. The van der Waals surface area contributed by atoms with Crippen molar-refractivity contribution in [3.05, 3.63) is 99.0 Å². The van der Waals surface area contributed by atoms with Gasteiger partial charge in [0.2, 0.25) is 0 Å². The second kappa shape index (κ2) is 7.56. The molecule has 0 spiro atoms. The monoisotopic (exact) mass is 397 g/mol. The molecular weight excluding hydrogens is 386 g/mol. The maximum atomic E-state index is 12.7. The maximum Gasteiger partial charge on any atom is 0.195 e. The third-order valence-electron chi connectivity index (χ3n) is 3.44. The van der Waals surface area contributed by atoms with Crippen LogP contribution >= 0.6 is 27.5 Å². The van der Waals surface area contributed by atoms with E-state index in [1.54, 1.807) is 36.5 Å². The van der Waals surface area contributed by atoms with Crippen molar-refractivity contribution in [2.45, 2.75) is 0 Å². The molecular formula is C20H13BrClNO. The Hall–Kier alpha value is -2.23. The fraction of sp³-hybridized carbons (Fsp3) is 0. The van der Waals surface area contributed by atoms with Crippen molar-refractivity contribution < 1.29 is 4.79 Å². The maximum absolute atomic E-state index is 12.7. The van der Waals surface area contributed by atoms with Crippen molar-refractivity contribution in [3.63, 3.8) is 0 Å². The number of rotatable bonds is 4. The Morgan fingerprint density at radius 1 is 0.958 bits per heavy atom. The number of benzene rings is 3. The van der Waals surface area contributed by atoms with Crippen molar-refractivity contribution in [2.75, 3.05) is 0 Å². The standard InChI is InChI=1S/C20H13BrClNO/c21-16-8-4-5-14(11-16)13-23-19-10-9-17(22)12-18(19)20(24)15-6-2-1-3-7-15/h1-13H. The quantitative estimate of drug-likeness (QED) is 0.386. The Balaban J connectivity index is 1.98. The lowest BCUT2D eigenvalue weighted by Gasteiger charge is -2.06. The summed E-state index contributed by atoms with van der Waals surface area (Å²) in [6.07, 6.45) is 1.73. The molecule has 0 N–H and O–H groups in total. The molecule has 3 aromatic rings. The fourth-order valence-corrected chi connectivity index (χ4v) is 2.87. The average Bonchev–Trinajstić information content (AvgIpc) is 2.61. The van der Waals surface area contributed by atoms with Gasteiger partial charge >= 0.3 is 0 Å². The molecule has 2 nitrogen and oxygen atoms in total. The number of halogens is 2. The van der Waals surface area contributed by atoms with E-state index in [9.17, 15) is 4.79 Å². The van der Waals surface area contributed by atoms with Gasteiger partial charge in [-0.25, -0.2) is 0 Å². The molecule has 0 amide bonds. The molecule has 0 aromatic heterocycles. The first-order valence-electron chi connectivity index (χ1n) is 7.32. The second-order valence-electron chi connectivity index (χ2n) is 5.17. The molecule has 4 heteroatoms. The van der Waals surface area contributed by atoms with Crippen LogP contribution in [0.25, 0.3) is 0 Å². The molecule has 0 saturated carbocycles. The summed E-state index contributed by atoms with van der Waals surface area (Å²) in [5.41, 5.74) is 2.63. The molecule has 0 unspecified atom stereocenters. The van der Waals surface area contributed by atoms with Gasteiger partial charge in [-0.15, -0.1) is 0 Å². The number of ketones is 1. The van der Waals surface area contributed by atoms with Gasteiger partial charge in [-0.05, 0) is 35.9 Å². The molecule has 3 aromatic carbocycles. The van der Waals surface area contributed by atoms with Crippen LogP contribution in [-0.2, 0) is 0 Å². The second-order valence-corrected chi connectivity index (χ2v) is 6.52. The minimum absolute atomic E-state index is 0.0977. The highest BCUT2D eigenvalue weighted by Gasteiger charge is 2.13. The number of aliphatic imine (C=N–C) groups is 1. The predicted octanol–water partition coefficient (Wildman–Crippen LogP) is 6.08. The lowest BCUT2D eigenvalue weighted by molar-refractivity contribution is 0.103. The van der Waals surface area contributed by atoms with E-state index in [0.29, 0.717) is 21.8 Å². The Kier molecular flexibility index (Phi) is 5.24. The smallest absolute Gasteiger partial charge is 0.195 e. The van der Waals surface area contributed by atoms with Crippen LogP contribution in [0.4, 0.5) is 5.69 Å². The van der Waals surface area contributed by atoms with Crippen LogP contribution in [0.5, 0.6) is 0 Å². The van der Waals surface area contributed by atoms with Gasteiger partial charge < -0.3 is 0 Å². The van der Waals surface area contributed by atoms with Crippen molar-refractivity contribution in [3.8, 4) is 0 Å². The van der Waals surface area contributed by atoms with Crippen LogP contribution in [0.15, 0.2) is 82.3 Å². The van der Waals surface area contributed by atoms with Crippen molar-refractivity contribution in [2.24, 2.45) is 4.99 Å². The summed E-state index contributed by atoms with van der Waals surface area (Å²) in [6, 6.07) is 22.0. The molecule has 0 bridgehead atoms. The van der Waals surface area contributed by atoms with Gasteiger partial charge in [0.05, 0.1) is 5.69 Å². The topological polar surface area (TPSA) is 29.4 Å². The lowest BCUT2D eigenvalue weighted by Crippen LogP contribution is -2.01. The summed E-state index contributed by atoms with van der Waals surface area (Å²) in [7, 11) is 0. The van der Waals surface area contributed by atoms with Crippen LogP contribution in [0.1, 0.15) is 21.5 Å². The molecule has 24 heavy (non-hydrogen) atoms. The van der Waals surface area contributed by atoms with Gasteiger partial charge in [0, 0.05) is 26.8 Å². The van der Waals surface area contributed by atoms with Crippen molar-refractivity contribution >= 4 is 45.2 Å². The molecule has 0 aliphatic carbocycles. The van der Waals surface area contributed by atoms with E-state index in [0.717, 1.165) is 10.0 Å². The zero-order chi connectivity index (χ0) is 16.9. The number of nitrogens with zero attached hydrogens (tertiary/aromatic N) is 1. The van der Waals surface area contributed by atoms with Crippen molar-refractivity contribution in [1.82, 2.24) is 0 Å². The summed E-state index contributed by atoms with van der Waals surface area (Å²) < 4.78 is 0.975. The summed E-state index contributed by atoms with van der Waals surface area (Å²) in [6.45, 7) is 0. The minimum Gasteiger partial charge on any atom is -0.289 e. The van der Waals surface area contributed by atoms with Crippen LogP contribution in [-0.4, -0.2) is 12.0 Å². The van der Waals surface area contributed by atoms with Crippen LogP contribution in [0, 0.1) is 0 Å². The number of hydrogen-bond acceptors (Lipinski definition) is 2. The molecule has 0 radical (unpaired) electrons. The van der Waals surface area contributed by atoms with Gasteiger partial charge in [0.1, 0.15) is 0 Å². The van der Waals surface area contributed by atoms with Crippen molar-refractivity contribution in [1.29, 1.82) is 0 Å². The number of carbonyl (C=O) groups is 1. The zero-order valence-corrected chi connectivity index (χ0v) is 15.0. The molecule has 0 fully saturated rings. The van der Waals surface area contributed by atoms with Crippen LogP contribution in [0.2, 0.25) is 5.02 Å². The van der Waals surface area contributed by atoms with Gasteiger partial charge in [0.25, 0.3) is 0 Å². The lowest BCUT2D eigenvalue weighted by atomic mass is 10.0. The highest BCUT2D eigenvalue weighted by Crippen LogP contribution is 2.26. The van der Waals surface area contributed by atoms with E-state index in [-0.39, 0.29) is 5.78 Å². The summed E-state index contributed by atoms with van der Waals surface area (Å²) in [5, 5.41) is 0.510. The van der Waals surface area contributed by atoms with Gasteiger partial charge in [-0.1, -0.05) is 70.0 Å². The number of carbonyl (C=O) groups excluding carboxylic acids is 1. The van der Waals surface area contributed by atoms with Gasteiger partial charge in [0.15, 0.2) is 5.78 Å². The van der Waals surface area contributed by atoms with E-state index < -0.39 is 0 Å². The van der Waals surface area contributed by atoms with E-state index in [2.05, 4.69) is 20.9 Å². The highest BCUT2D eigenvalue weighted by atomic mass is 79.9. The largest absolute Gasteiger partial charge is 0.289 e. The molecule has 3 rings (SSSR count). The first-order chi connectivity index (χ1) is 11.6. The van der Waals surface area contributed by atoms with E-state index in [1.807, 2.05) is 42.5 Å². The molecule has 0 heterocycles. The summed E-state index contributed by atoms with van der Waals surface area (Å²) in [4.78, 5) is 17.2. The zero-order valence-electron chi connectivity index (χ0n) is 12.6. The first kappa shape index (κ1) is 16.6. The third kappa shape index (κ3) is 3.99. The minimum atomic E-state index is -0.0977. The van der Waals surface area contributed by atoms with Crippen LogP contribution < -0.4 is 0 Å². The van der Waals surface area contributed by atoms with E-state index >= 15 is 0 Å². The summed E-state index contributed by atoms with van der Waals surface area (Å²) >= 11 is 9.51. The molecule has 0 aliphatic heterocycles. The Morgan fingerprint density at radius 2 is 1.75 bits per heavy atom. The Morgan fingerprint density at radius 3 is 2.50 bits per heavy atom. The van der Waals surface area contributed by atoms with E-state index in [4.69, 9.17) is 11.6 Å². The highest BCUT2D eigenvalue weighted by molar-refractivity contribution is 9.10. The summed E-state index contributed by atoms with van der Waals surface area (Å²) in [5.74, 6) is -0.0977. The van der Waals surface area contributed by atoms with Crippen LogP contribution in [0.3, 0.4) is 0 Å². The third-order valence-corrected chi connectivity index (χ3v) is 4.17. The molecule has 118 valence electrons. The predicted molar refractivity (Wildman–Crippen MR) is 103 cm³/mol. The average molecular weight is 399 g/mol. The van der Waals surface area contributed by atoms with Gasteiger partial charge in [-0.2, -0.15) is 0 Å². The van der Waals surface area contributed by atoms with Gasteiger partial charge in [-0.3, -0.25) is 9.79 Å². The van der Waals surface area contributed by atoms with E-state index in [1.165, 1.54) is 0 Å². The number of hydrogen-bond donors (Lipinski definition) is 0. The molecule has 0 saturated heterocycles. The Bertz CT molecular complexity index is 907. The normalized spacial score (nSPS) is 10.9. The fourth-order valence-electron chi connectivity index (χ4n) is 2.28. The Labute approximate surface area is 154 Å². The first-order valence-corrected chi connectivity index (χ1v) is 8.49. The molecule has 0 aliphatic rings. The SMILES string of the molecule is O=C(c1ccccc1)c1cc(Cl)ccc1N=Cc1cccc(Br)c1.